The van der Waals surface area contributed by atoms with Crippen molar-refractivity contribution in [2.75, 3.05) is 0 Å². The third-order valence-corrected chi connectivity index (χ3v) is 31.5. The molecule has 6 nitrogen and oxygen atoms in total. The van der Waals surface area contributed by atoms with Crippen LogP contribution in [0.4, 0.5) is 0 Å². The van der Waals surface area contributed by atoms with Gasteiger partial charge in [0.15, 0.2) is 0 Å². The molecule has 4 unspecified atom stereocenters. The Morgan fingerprint density at radius 3 is 0.911 bits per heavy atom. The van der Waals surface area contributed by atoms with Gasteiger partial charge in [0.2, 0.25) is 0 Å². The first-order valence-electron chi connectivity index (χ1n) is 30.2. The Bertz CT molecular complexity index is 4540. The molecule has 4 aliphatic rings. The monoisotopic (exact) mass is 1300 g/mol. The maximum Gasteiger partial charge on any atom is 0.140 e. The van der Waals surface area contributed by atoms with Crippen molar-refractivity contribution >= 4 is 117 Å². The van der Waals surface area contributed by atoms with Crippen molar-refractivity contribution in [2.45, 2.75) is 21.6 Å². The summed E-state index contributed by atoms with van der Waals surface area (Å²) in [6.07, 6.45) is 12.7. The summed E-state index contributed by atoms with van der Waals surface area (Å²) in [5.41, 5.74) is 20.5. The first-order valence-corrected chi connectivity index (χ1v) is 39.1. The highest BCUT2D eigenvalue weighted by Crippen LogP contribution is 2.57. The second-order valence-electron chi connectivity index (χ2n) is 23.2. The van der Waals surface area contributed by atoms with E-state index in [0.717, 1.165) is 54.2 Å². The van der Waals surface area contributed by atoms with Crippen molar-refractivity contribution in [3.8, 4) is 76.4 Å². The molecule has 2 aliphatic carbocycles. The van der Waals surface area contributed by atoms with Gasteiger partial charge in [-0.15, -0.1) is 68.9 Å². The summed E-state index contributed by atoms with van der Waals surface area (Å²) in [4.78, 5) is 22.0. The van der Waals surface area contributed by atoms with Crippen LogP contribution in [0.15, 0.2) is 277 Å². The molecule has 8 aromatic carbocycles. The summed E-state index contributed by atoms with van der Waals surface area (Å²) in [7, 11) is -3.82. The molecule has 2 aliphatic heterocycles. The molecule has 8 heterocycles. The van der Waals surface area contributed by atoms with Crippen molar-refractivity contribution in [1.29, 1.82) is 0 Å². The van der Waals surface area contributed by atoms with Gasteiger partial charge in [0.05, 0.1) is 22.8 Å². The summed E-state index contributed by atoms with van der Waals surface area (Å²) in [6.45, 7) is 0. The lowest BCUT2D eigenvalue weighted by molar-refractivity contribution is 1.08. The second-order valence-corrected chi connectivity index (χ2v) is 35.1. The quantitative estimate of drug-likeness (QED) is 0.101. The fraction of sp³-hybridized carbons (Fsp3) is 0.0526. The second kappa shape index (κ2) is 22.7. The van der Waals surface area contributed by atoms with Gasteiger partial charge in [-0.2, -0.15) is 0 Å². The molecular weight excluding hydrogens is 1250 g/mol. The molecule has 14 aromatic rings. The van der Waals surface area contributed by atoms with E-state index in [1.54, 1.807) is 45.3 Å². The number of nitrogens with zero attached hydrogens (tertiary/aromatic N) is 6. The molecule has 6 aromatic heterocycles. The minimum atomic E-state index is -1.91. The average molecular weight is 1300 g/mol. The molecule has 0 saturated heterocycles. The highest BCUT2D eigenvalue weighted by atomic mass is 32.2. The van der Waals surface area contributed by atoms with Crippen LogP contribution < -0.4 is 20.7 Å². The van der Waals surface area contributed by atoms with Crippen molar-refractivity contribution in [3.63, 3.8) is 0 Å². The largest absolute Gasteiger partial charge is 0.305 e. The topological polar surface area (TPSA) is 61.4 Å². The van der Waals surface area contributed by atoms with Gasteiger partial charge in [0, 0.05) is 89.1 Å². The van der Waals surface area contributed by atoms with Crippen LogP contribution in [0.3, 0.4) is 0 Å². The van der Waals surface area contributed by atoms with E-state index in [9.17, 15) is 0 Å². The third-order valence-electron chi connectivity index (χ3n) is 18.3. The van der Waals surface area contributed by atoms with Crippen LogP contribution in [0, 0.1) is 0 Å². The number of hydrogen-bond donors (Lipinski definition) is 0. The van der Waals surface area contributed by atoms with E-state index in [1.165, 1.54) is 86.2 Å². The van der Waals surface area contributed by atoms with Gasteiger partial charge in [0.1, 0.15) is 37.6 Å². The lowest BCUT2D eigenvalue weighted by Crippen LogP contribution is -2.47. The summed E-state index contributed by atoms with van der Waals surface area (Å²) >= 11 is 10.7. The third kappa shape index (κ3) is 9.29. The SMILES string of the molecule is C1=C(c2ccc3c(c2)-c2cc(-n4c(-c5nccs5)ccc4-c4nccs4)ccc2C3[SiH](c2ccccc2)c2ccccc2)SC2C=C(c3ccc4c(c3)-c3cc(-n5c(-c6nccs6)ccc5-c5nccs5)ccc3C4[SiH](c3ccccc3)c3ccccc3)SC12. The van der Waals surface area contributed by atoms with Gasteiger partial charge in [-0.05, 0) is 116 Å². The molecule has 0 fully saturated rings. The van der Waals surface area contributed by atoms with Crippen LogP contribution in [0.25, 0.3) is 86.2 Å². The van der Waals surface area contributed by atoms with E-state index in [4.69, 9.17) is 19.9 Å². The average Bonchev–Trinajstić information content (AvgIpc) is 1.69. The summed E-state index contributed by atoms with van der Waals surface area (Å²) in [5, 5.41) is 18.6. The summed E-state index contributed by atoms with van der Waals surface area (Å²) in [5.74, 6) is 0. The molecular formula is C76H52N6S6Si2. The van der Waals surface area contributed by atoms with E-state index in [-0.39, 0.29) is 11.1 Å². The van der Waals surface area contributed by atoms with Gasteiger partial charge in [-0.3, -0.25) is 0 Å². The van der Waals surface area contributed by atoms with Crippen LogP contribution in [-0.2, 0) is 0 Å². The Morgan fingerprint density at radius 1 is 0.311 bits per heavy atom. The maximum atomic E-state index is 4.83. The molecule has 0 N–H and O–H groups in total. The molecule has 18 rings (SSSR count). The van der Waals surface area contributed by atoms with Gasteiger partial charge < -0.3 is 9.13 Å². The number of benzene rings is 8. The number of hydrogen-bond acceptors (Lipinski definition) is 10. The Labute approximate surface area is 549 Å². The molecule has 0 amide bonds. The predicted molar refractivity (Wildman–Crippen MR) is 388 cm³/mol. The van der Waals surface area contributed by atoms with E-state index in [2.05, 4.69) is 261 Å². The molecule has 0 saturated carbocycles. The van der Waals surface area contributed by atoms with Gasteiger partial charge >= 0.3 is 0 Å². The van der Waals surface area contributed by atoms with E-state index < -0.39 is 17.6 Å². The zero-order valence-electron chi connectivity index (χ0n) is 48.2. The van der Waals surface area contributed by atoms with Gasteiger partial charge in [0.25, 0.3) is 0 Å². The molecule has 4 atom stereocenters. The molecule has 0 radical (unpaired) electrons. The van der Waals surface area contributed by atoms with Crippen LogP contribution >= 0.6 is 68.9 Å². The minimum Gasteiger partial charge on any atom is -0.305 e. The lowest BCUT2D eigenvalue weighted by Gasteiger charge is -2.26. The van der Waals surface area contributed by atoms with Crippen LogP contribution in [0.1, 0.15) is 44.5 Å². The minimum absolute atomic E-state index is 0.233. The normalized spacial score (nSPS) is 16.9. The Kier molecular flexibility index (Phi) is 13.7. The summed E-state index contributed by atoms with van der Waals surface area (Å²) < 4.78 is 4.76. The summed E-state index contributed by atoms with van der Waals surface area (Å²) in [6, 6.07) is 83.6. The van der Waals surface area contributed by atoms with Gasteiger partial charge in [-0.25, -0.2) is 19.9 Å². The van der Waals surface area contributed by atoms with Crippen molar-refractivity contribution in [1.82, 2.24) is 29.1 Å². The number of rotatable bonds is 14. The first kappa shape index (κ1) is 54.4. The predicted octanol–water partition coefficient (Wildman–Crippen LogP) is 16.8. The van der Waals surface area contributed by atoms with Crippen molar-refractivity contribution < 1.29 is 0 Å². The van der Waals surface area contributed by atoms with Crippen LogP contribution in [0.2, 0.25) is 0 Å². The van der Waals surface area contributed by atoms with Crippen molar-refractivity contribution in [3.05, 3.63) is 310 Å². The first-order chi connectivity index (χ1) is 44.6. The Morgan fingerprint density at radius 2 is 0.611 bits per heavy atom. The fourth-order valence-electron chi connectivity index (χ4n) is 14.5. The molecule has 0 bridgehead atoms. The van der Waals surface area contributed by atoms with Crippen LogP contribution in [-0.4, -0.2) is 57.2 Å². The van der Waals surface area contributed by atoms with E-state index in [0.29, 0.717) is 10.5 Å². The van der Waals surface area contributed by atoms with Gasteiger partial charge in [-0.1, -0.05) is 191 Å². The maximum absolute atomic E-state index is 4.83. The number of thioether (sulfide) groups is 2. The van der Waals surface area contributed by atoms with Crippen molar-refractivity contribution in [2.24, 2.45) is 0 Å². The fourth-order valence-corrected chi connectivity index (χ4v) is 27.5. The zero-order valence-corrected chi connectivity index (χ0v) is 55.4. The smallest absolute Gasteiger partial charge is 0.140 e. The zero-order chi connectivity index (χ0) is 59.2. The lowest BCUT2D eigenvalue weighted by atomic mass is 10.0. The number of thiazole rings is 4. The van der Waals surface area contributed by atoms with E-state index >= 15 is 0 Å². The highest BCUT2D eigenvalue weighted by Gasteiger charge is 2.42. The molecule has 14 heteroatoms. The highest BCUT2D eigenvalue weighted by molar-refractivity contribution is 8.14. The molecule has 90 heavy (non-hydrogen) atoms. The number of aromatic nitrogens is 6. The molecule has 0 spiro atoms. The molecule has 430 valence electrons. The Balaban J connectivity index is 0.720. The standard InChI is InChI=1S/C76H52N6S6Si2/c1-5-13-51(14-6-1)89(52-15-7-2-8-16-52)71-55-25-21-47(41-59(55)61-43-49(23-27-57(61)71)81-63(73-77-33-37-83-73)29-30-64(81)74-78-34-38-84-74)67-45-69-70(87-67)46-68(88-69)48-22-26-56-60(42-48)62-44-50(82-65(75-79-35-39-85-75)31-32-66(82)76-80-36-40-86-76)24-28-58(62)72(56)90(53-17-9-3-10-18-53)54-19-11-4-12-20-54/h1-46,69-72,89-90H. The Hall–Kier alpha value is -8.55. The van der Waals surface area contributed by atoms with Crippen LogP contribution in [0.5, 0.6) is 0 Å². The number of fused-ring (bicyclic) bond motifs is 7. The van der Waals surface area contributed by atoms with E-state index in [1.807, 2.05) is 48.3 Å².